The van der Waals surface area contributed by atoms with Gasteiger partial charge in [0.1, 0.15) is 0 Å². The van der Waals surface area contributed by atoms with E-state index in [-0.39, 0.29) is 11.3 Å². The molecule has 100 valence electrons. The van der Waals surface area contributed by atoms with Gasteiger partial charge in [-0.3, -0.25) is 9.59 Å². The Morgan fingerprint density at radius 2 is 1.75 bits per heavy atom. The van der Waals surface area contributed by atoms with E-state index in [9.17, 15) is 9.59 Å². The van der Waals surface area contributed by atoms with Crippen molar-refractivity contribution in [2.45, 2.75) is 6.92 Å². The molecule has 0 bridgehead atoms. The van der Waals surface area contributed by atoms with Gasteiger partial charge in [-0.15, -0.1) is 11.3 Å². The van der Waals surface area contributed by atoms with Gasteiger partial charge in [-0.25, -0.2) is 0 Å². The largest absolute Gasteiger partial charge is 0.326 e. The van der Waals surface area contributed by atoms with Crippen LogP contribution in [0.2, 0.25) is 0 Å². The van der Waals surface area contributed by atoms with Crippen LogP contribution in [0.5, 0.6) is 0 Å². The zero-order valence-corrected chi connectivity index (χ0v) is 13.0. The fourth-order valence-corrected chi connectivity index (χ4v) is 3.50. The molecule has 1 amide bonds. The molecule has 20 heavy (non-hydrogen) atoms. The van der Waals surface area contributed by atoms with Gasteiger partial charge < -0.3 is 5.32 Å². The summed E-state index contributed by atoms with van der Waals surface area (Å²) in [7, 11) is 0. The van der Waals surface area contributed by atoms with Gasteiger partial charge >= 0.3 is 0 Å². The minimum atomic E-state index is -0.149. The third-order valence-electron chi connectivity index (χ3n) is 2.95. The van der Waals surface area contributed by atoms with Gasteiger partial charge in [0.15, 0.2) is 5.43 Å². The molecular weight excluding hydrogens is 338 g/mol. The average Bonchev–Trinajstić information content (AvgIpc) is 2.40. The Morgan fingerprint density at radius 1 is 1.10 bits per heavy atom. The summed E-state index contributed by atoms with van der Waals surface area (Å²) in [5.41, 5.74) is 0.630. The molecule has 0 unspecified atom stereocenters. The minimum Gasteiger partial charge on any atom is -0.326 e. The maximum absolute atomic E-state index is 12.6. The lowest BCUT2D eigenvalue weighted by Crippen LogP contribution is -2.07. The third kappa shape index (κ3) is 2.34. The lowest BCUT2D eigenvalue weighted by atomic mass is 10.1. The molecule has 1 heterocycles. The van der Waals surface area contributed by atoms with Crippen LogP contribution in [-0.4, -0.2) is 5.91 Å². The predicted molar refractivity (Wildman–Crippen MR) is 87.6 cm³/mol. The van der Waals surface area contributed by atoms with Crippen molar-refractivity contribution < 1.29 is 4.79 Å². The summed E-state index contributed by atoms with van der Waals surface area (Å²) in [6.07, 6.45) is 0. The summed E-state index contributed by atoms with van der Waals surface area (Å²) in [5.74, 6) is -0.149. The summed E-state index contributed by atoms with van der Waals surface area (Å²) >= 11 is 4.95. The quantitative estimate of drug-likeness (QED) is 0.672. The van der Waals surface area contributed by atoms with Crippen molar-refractivity contribution in [3.8, 4) is 0 Å². The van der Waals surface area contributed by atoms with E-state index in [1.165, 1.54) is 6.92 Å². The van der Waals surface area contributed by atoms with E-state index < -0.39 is 0 Å². The molecule has 0 radical (unpaired) electrons. The Balaban J connectivity index is 2.33. The van der Waals surface area contributed by atoms with Gasteiger partial charge in [0.25, 0.3) is 0 Å². The third-order valence-corrected chi connectivity index (χ3v) is 4.60. The fourth-order valence-electron chi connectivity index (χ4n) is 2.11. The first-order chi connectivity index (χ1) is 9.54. The van der Waals surface area contributed by atoms with Crippen molar-refractivity contribution in [2.24, 2.45) is 0 Å². The highest BCUT2D eigenvalue weighted by molar-refractivity contribution is 9.10. The van der Waals surface area contributed by atoms with Gasteiger partial charge in [0, 0.05) is 37.3 Å². The highest BCUT2D eigenvalue weighted by Crippen LogP contribution is 2.28. The van der Waals surface area contributed by atoms with Crippen LogP contribution in [0.4, 0.5) is 5.69 Å². The molecule has 0 saturated heterocycles. The molecule has 0 aliphatic heterocycles. The van der Waals surface area contributed by atoms with Gasteiger partial charge in [0.2, 0.25) is 5.91 Å². The standard InChI is InChI=1S/C15H10BrNO2S/c1-8(18)17-10-3-5-14-12(7-10)15(19)11-6-9(16)2-4-13(11)20-14/h2-7H,1H3,(H,17,18). The monoisotopic (exact) mass is 347 g/mol. The number of hydrogen-bond donors (Lipinski definition) is 1. The zero-order chi connectivity index (χ0) is 14.3. The van der Waals surface area contributed by atoms with Crippen molar-refractivity contribution in [2.75, 3.05) is 5.32 Å². The number of fused-ring (bicyclic) bond motifs is 2. The lowest BCUT2D eigenvalue weighted by molar-refractivity contribution is -0.114. The summed E-state index contributed by atoms with van der Waals surface area (Å²) in [4.78, 5) is 23.6. The number of carbonyl (C=O) groups is 1. The molecule has 0 saturated carbocycles. The highest BCUT2D eigenvalue weighted by Gasteiger charge is 2.07. The van der Waals surface area contributed by atoms with Gasteiger partial charge in [-0.1, -0.05) is 15.9 Å². The Labute approximate surface area is 127 Å². The molecule has 5 heteroatoms. The molecular formula is C15H10BrNO2S. The number of amides is 1. The zero-order valence-electron chi connectivity index (χ0n) is 10.6. The average molecular weight is 348 g/mol. The Bertz CT molecular complexity index is 901. The van der Waals surface area contributed by atoms with Crippen LogP contribution in [0.25, 0.3) is 20.2 Å². The molecule has 0 atom stereocenters. The van der Waals surface area contributed by atoms with Gasteiger partial charge in [0.05, 0.1) is 0 Å². The van der Waals surface area contributed by atoms with Gasteiger partial charge in [-0.05, 0) is 36.4 Å². The van der Waals surface area contributed by atoms with Crippen LogP contribution in [0.3, 0.4) is 0 Å². The molecule has 3 nitrogen and oxygen atoms in total. The number of rotatable bonds is 1. The molecule has 0 aliphatic rings. The number of carbonyl (C=O) groups excluding carboxylic acids is 1. The van der Waals surface area contributed by atoms with E-state index in [1.807, 2.05) is 30.3 Å². The van der Waals surface area contributed by atoms with Crippen molar-refractivity contribution in [3.63, 3.8) is 0 Å². The Kier molecular flexibility index (Phi) is 3.31. The molecule has 2 aromatic carbocycles. The van der Waals surface area contributed by atoms with Crippen LogP contribution < -0.4 is 10.7 Å². The van der Waals surface area contributed by atoms with Crippen LogP contribution in [0.15, 0.2) is 45.7 Å². The molecule has 1 aromatic heterocycles. The van der Waals surface area contributed by atoms with Crippen LogP contribution >= 0.6 is 27.3 Å². The minimum absolute atomic E-state index is 0.0118. The van der Waals surface area contributed by atoms with E-state index in [0.717, 1.165) is 13.9 Å². The molecule has 3 aromatic rings. The SMILES string of the molecule is CC(=O)Nc1ccc2sc3ccc(Br)cc3c(=O)c2c1. The van der Waals surface area contributed by atoms with Crippen molar-refractivity contribution in [1.29, 1.82) is 0 Å². The number of anilines is 1. The first kappa shape index (κ1) is 13.3. The van der Waals surface area contributed by atoms with E-state index >= 15 is 0 Å². The summed E-state index contributed by atoms with van der Waals surface area (Å²) < 4.78 is 2.75. The second kappa shape index (κ2) is 5.00. The van der Waals surface area contributed by atoms with Crippen LogP contribution in [-0.2, 0) is 4.79 Å². The first-order valence-electron chi connectivity index (χ1n) is 5.98. The number of nitrogens with one attached hydrogen (secondary N) is 1. The van der Waals surface area contributed by atoms with E-state index in [0.29, 0.717) is 16.5 Å². The molecule has 3 rings (SSSR count). The highest BCUT2D eigenvalue weighted by atomic mass is 79.9. The van der Waals surface area contributed by atoms with Crippen LogP contribution in [0, 0.1) is 0 Å². The fraction of sp³-hybridized carbons (Fsp3) is 0.0667. The molecule has 0 aliphatic carbocycles. The normalized spacial score (nSPS) is 10.9. The Hall–Kier alpha value is -1.72. The summed E-state index contributed by atoms with van der Waals surface area (Å²) in [5, 5.41) is 4.02. The second-order valence-corrected chi connectivity index (χ2v) is 6.46. The van der Waals surface area contributed by atoms with E-state index in [1.54, 1.807) is 17.4 Å². The first-order valence-corrected chi connectivity index (χ1v) is 7.59. The van der Waals surface area contributed by atoms with Crippen molar-refractivity contribution in [3.05, 3.63) is 51.1 Å². The maximum Gasteiger partial charge on any atom is 0.221 e. The topological polar surface area (TPSA) is 46.2 Å². The second-order valence-electron chi connectivity index (χ2n) is 4.46. The molecule has 1 N–H and O–H groups in total. The summed E-state index contributed by atoms with van der Waals surface area (Å²) in [6, 6.07) is 11.1. The molecule has 0 fully saturated rings. The van der Waals surface area contributed by atoms with Gasteiger partial charge in [-0.2, -0.15) is 0 Å². The van der Waals surface area contributed by atoms with Crippen LogP contribution in [0.1, 0.15) is 6.92 Å². The summed E-state index contributed by atoms with van der Waals surface area (Å²) in [6.45, 7) is 1.45. The molecule has 0 spiro atoms. The number of benzene rings is 2. The lowest BCUT2D eigenvalue weighted by Gasteiger charge is -2.05. The smallest absolute Gasteiger partial charge is 0.221 e. The maximum atomic E-state index is 12.6. The van der Waals surface area contributed by atoms with Crippen molar-refractivity contribution >= 4 is 59.0 Å². The predicted octanol–water partition coefficient (Wildman–Crippen LogP) is 4.14. The van der Waals surface area contributed by atoms with E-state index in [2.05, 4.69) is 21.2 Å². The van der Waals surface area contributed by atoms with Crippen molar-refractivity contribution in [1.82, 2.24) is 0 Å². The number of halogens is 1. The Morgan fingerprint density at radius 3 is 2.45 bits per heavy atom. The number of hydrogen-bond acceptors (Lipinski definition) is 3. The van der Waals surface area contributed by atoms with E-state index in [4.69, 9.17) is 0 Å².